The van der Waals surface area contributed by atoms with Crippen molar-refractivity contribution in [3.05, 3.63) is 35.7 Å². The van der Waals surface area contributed by atoms with Crippen LogP contribution in [-0.4, -0.2) is 4.98 Å². The molecule has 1 heterocycles. The highest BCUT2D eigenvalue weighted by molar-refractivity contribution is 5.39. The van der Waals surface area contributed by atoms with Crippen molar-refractivity contribution in [2.45, 2.75) is 45.4 Å². The molecule has 0 aliphatic heterocycles. The average molecular weight is 203 g/mol. The number of allylic oxidation sites excluding steroid dienone is 2. The van der Waals surface area contributed by atoms with Gasteiger partial charge in [0, 0.05) is 17.3 Å². The van der Waals surface area contributed by atoms with Gasteiger partial charge in [0.15, 0.2) is 0 Å². The second kappa shape index (κ2) is 3.55. The summed E-state index contributed by atoms with van der Waals surface area (Å²) in [6.07, 6.45) is 7.70. The van der Waals surface area contributed by atoms with Crippen molar-refractivity contribution in [1.29, 1.82) is 0 Å². The van der Waals surface area contributed by atoms with Gasteiger partial charge in [-0.2, -0.15) is 0 Å². The highest BCUT2D eigenvalue weighted by Gasteiger charge is 2.43. The quantitative estimate of drug-likeness (QED) is 0.699. The van der Waals surface area contributed by atoms with E-state index in [1.54, 1.807) is 0 Å². The van der Waals surface area contributed by atoms with Gasteiger partial charge in [-0.1, -0.05) is 32.9 Å². The first-order chi connectivity index (χ1) is 7.09. The van der Waals surface area contributed by atoms with E-state index in [0.717, 1.165) is 5.92 Å². The average Bonchev–Trinajstić information content (AvgIpc) is 2.72. The molecule has 0 radical (unpaired) electrons. The van der Waals surface area contributed by atoms with E-state index in [4.69, 9.17) is 0 Å². The Labute approximate surface area is 92.6 Å². The van der Waals surface area contributed by atoms with Crippen LogP contribution in [-0.2, 0) is 5.41 Å². The van der Waals surface area contributed by atoms with Crippen LogP contribution >= 0.6 is 0 Å². The van der Waals surface area contributed by atoms with Crippen LogP contribution < -0.4 is 0 Å². The van der Waals surface area contributed by atoms with E-state index in [-0.39, 0.29) is 0 Å². The van der Waals surface area contributed by atoms with Crippen LogP contribution in [0, 0.1) is 5.92 Å². The third-order valence-corrected chi connectivity index (χ3v) is 4.19. The molecule has 0 bridgehead atoms. The second-order valence-corrected chi connectivity index (χ2v) is 5.23. The first-order valence-corrected chi connectivity index (χ1v) is 5.88. The standard InChI is InChI=1S/C14H21N/c1-5-6-7-11-10(2)14(3,4)13-12(11)8-9-15-13/h5-6,8-11,15H,7H2,1-4H3/b6-5-. The Morgan fingerprint density at radius 2 is 2.20 bits per heavy atom. The fourth-order valence-corrected chi connectivity index (χ4v) is 2.86. The lowest BCUT2D eigenvalue weighted by Crippen LogP contribution is -2.24. The van der Waals surface area contributed by atoms with E-state index in [2.05, 4.69) is 57.1 Å². The van der Waals surface area contributed by atoms with E-state index >= 15 is 0 Å². The Morgan fingerprint density at radius 1 is 1.47 bits per heavy atom. The number of H-pyrrole nitrogens is 1. The summed E-state index contributed by atoms with van der Waals surface area (Å²) in [7, 11) is 0. The van der Waals surface area contributed by atoms with E-state index < -0.39 is 0 Å². The summed E-state index contributed by atoms with van der Waals surface area (Å²) in [5, 5.41) is 0. The van der Waals surface area contributed by atoms with Crippen molar-refractivity contribution >= 4 is 0 Å². The minimum absolute atomic E-state index is 0.297. The van der Waals surface area contributed by atoms with Crippen LogP contribution in [0.4, 0.5) is 0 Å². The third kappa shape index (κ3) is 1.45. The fourth-order valence-electron chi connectivity index (χ4n) is 2.86. The smallest absolute Gasteiger partial charge is 0.0242 e. The second-order valence-electron chi connectivity index (χ2n) is 5.23. The molecule has 0 amide bonds. The summed E-state index contributed by atoms with van der Waals surface area (Å²) < 4.78 is 0. The van der Waals surface area contributed by atoms with Crippen molar-refractivity contribution in [2.24, 2.45) is 5.92 Å². The number of aromatic amines is 1. The third-order valence-electron chi connectivity index (χ3n) is 4.19. The first-order valence-electron chi connectivity index (χ1n) is 5.88. The summed E-state index contributed by atoms with van der Waals surface area (Å²) in [6.45, 7) is 9.18. The van der Waals surface area contributed by atoms with Gasteiger partial charge in [0.1, 0.15) is 0 Å². The molecule has 2 unspecified atom stereocenters. The maximum absolute atomic E-state index is 3.42. The van der Waals surface area contributed by atoms with Gasteiger partial charge in [-0.05, 0) is 36.8 Å². The Hall–Kier alpha value is -0.980. The molecule has 1 N–H and O–H groups in total. The van der Waals surface area contributed by atoms with E-state index in [9.17, 15) is 0 Å². The Kier molecular flexibility index (Phi) is 2.49. The van der Waals surface area contributed by atoms with Crippen LogP contribution in [0.1, 0.15) is 51.3 Å². The number of aromatic nitrogens is 1. The maximum Gasteiger partial charge on any atom is 0.0242 e. The summed E-state index contributed by atoms with van der Waals surface area (Å²) in [4.78, 5) is 3.42. The zero-order valence-electron chi connectivity index (χ0n) is 10.2. The fraction of sp³-hybridized carbons (Fsp3) is 0.571. The minimum Gasteiger partial charge on any atom is -0.364 e. The van der Waals surface area contributed by atoms with Crippen molar-refractivity contribution < 1.29 is 0 Å². The largest absolute Gasteiger partial charge is 0.364 e. The van der Waals surface area contributed by atoms with Crippen molar-refractivity contribution in [2.75, 3.05) is 0 Å². The highest BCUT2D eigenvalue weighted by Crippen LogP contribution is 2.50. The van der Waals surface area contributed by atoms with Crippen molar-refractivity contribution in [3.8, 4) is 0 Å². The zero-order chi connectivity index (χ0) is 11.1. The molecular formula is C14H21N. The predicted octanol–water partition coefficient (Wildman–Crippen LogP) is 3.99. The molecule has 1 aliphatic carbocycles. The molecule has 1 nitrogen and oxygen atoms in total. The number of rotatable bonds is 2. The molecule has 0 saturated heterocycles. The molecule has 1 aromatic rings. The summed E-state index contributed by atoms with van der Waals surface area (Å²) in [6, 6.07) is 2.26. The molecule has 0 saturated carbocycles. The molecule has 1 aromatic heterocycles. The van der Waals surface area contributed by atoms with Gasteiger partial charge >= 0.3 is 0 Å². The molecule has 0 spiro atoms. The van der Waals surface area contributed by atoms with Gasteiger partial charge in [-0.25, -0.2) is 0 Å². The molecule has 0 aromatic carbocycles. The lowest BCUT2D eigenvalue weighted by atomic mass is 9.77. The van der Waals surface area contributed by atoms with E-state index in [1.165, 1.54) is 17.7 Å². The molecule has 1 heteroatoms. The summed E-state index contributed by atoms with van der Waals surface area (Å²) >= 11 is 0. The molecular weight excluding hydrogens is 182 g/mol. The number of hydrogen-bond acceptors (Lipinski definition) is 0. The Balaban J connectivity index is 2.36. The molecule has 0 fully saturated rings. The zero-order valence-corrected chi connectivity index (χ0v) is 10.2. The Bertz CT molecular complexity index is 370. The van der Waals surface area contributed by atoms with Crippen LogP contribution in [0.15, 0.2) is 24.4 Å². The van der Waals surface area contributed by atoms with Gasteiger partial charge in [-0.15, -0.1) is 0 Å². The van der Waals surface area contributed by atoms with E-state index in [0.29, 0.717) is 11.3 Å². The number of fused-ring (bicyclic) bond motifs is 1. The number of hydrogen-bond donors (Lipinski definition) is 1. The minimum atomic E-state index is 0.297. The first kappa shape index (κ1) is 10.5. The number of nitrogens with one attached hydrogen (secondary N) is 1. The lowest BCUT2D eigenvalue weighted by molar-refractivity contribution is 0.325. The van der Waals surface area contributed by atoms with Gasteiger partial charge in [0.2, 0.25) is 0 Å². The van der Waals surface area contributed by atoms with Crippen molar-refractivity contribution in [1.82, 2.24) is 4.98 Å². The lowest BCUT2D eigenvalue weighted by Gasteiger charge is -2.27. The van der Waals surface area contributed by atoms with Crippen LogP contribution in [0.25, 0.3) is 0 Å². The van der Waals surface area contributed by atoms with Gasteiger partial charge in [-0.3, -0.25) is 0 Å². The van der Waals surface area contributed by atoms with Crippen LogP contribution in [0.5, 0.6) is 0 Å². The predicted molar refractivity (Wildman–Crippen MR) is 65.2 cm³/mol. The van der Waals surface area contributed by atoms with Crippen LogP contribution in [0.3, 0.4) is 0 Å². The SMILES string of the molecule is C/C=C\CC1c2cc[nH]c2C(C)(C)C1C. The van der Waals surface area contributed by atoms with Gasteiger partial charge in [0.25, 0.3) is 0 Å². The maximum atomic E-state index is 3.42. The highest BCUT2D eigenvalue weighted by atomic mass is 14.8. The molecule has 2 rings (SSSR count). The molecule has 82 valence electrons. The topological polar surface area (TPSA) is 15.8 Å². The monoisotopic (exact) mass is 203 g/mol. The van der Waals surface area contributed by atoms with Gasteiger partial charge < -0.3 is 4.98 Å². The normalized spacial score (nSPS) is 28.5. The van der Waals surface area contributed by atoms with Gasteiger partial charge in [0.05, 0.1) is 0 Å². The molecule has 1 aliphatic rings. The summed E-state index contributed by atoms with van der Waals surface area (Å²) in [5.41, 5.74) is 3.28. The van der Waals surface area contributed by atoms with Crippen molar-refractivity contribution in [3.63, 3.8) is 0 Å². The summed E-state index contributed by atoms with van der Waals surface area (Å²) in [5.74, 6) is 1.41. The Morgan fingerprint density at radius 3 is 2.87 bits per heavy atom. The van der Waals surface area contributed by atoms with Crippen LogP contribution in [0.2, 0.25) is 0 Å². The molecule has 15 heavy (non-hydrogen) atoms. The van der Waals surface area contributed by atoms with E-state index in [1.807, 2.05) is 0 Å². The molecule has 2 atom stereocenters.